The van der Waals surface area contributed by atoms with E-state index in [1.165, 1.54) is 4.90 Å². The fourth-order valence-electron chi connectivity index (χ4n) is 1.39. The first-order chi connectivity index (χ1) is 8.04. The number of carbonyl (C=O) groups excluding carboxylic acids is 1. The molecule has 0 saturated heterocycles. The van der Waals surface area contributed by atoms with Gasteiger partial charge in [0.2, 0.25) is 0 Å². The SMILES string of the molecule is C#CCC(CC)NC(=O)N(CCC)CC(=O)O. The van der Waals surface area contributed by atoms with E-state index in [0.29, 0.717) is 19.4 Å². The number of carboxylic acids is 1. The lowest BCUT2D eigenvalue weighted by Gasteiger charge is -2.23. The molecule has 1 atom stereocenters. The summed E-state index contributed by atoms with van der Waals surface area (Å²) < 4.78 is 0. The van der Waals surface area contributed by atoms with E-state index in [1.807, 2.05) is 13.8 Å². The summed E-state index contributed by atoms with van der Waals surface area (Å²) in [5, 5.41) is 11.4. The molecule has 0 saturated carbocycles. The van der Waals surface area contributed by atoms with Crippen molar-refractivity contribution < 1.29 is 14.7 Å². The van der Waals surface area contributed by atoms with Crippen molar-refractivity contribution in [3.8, 4) is 12.3 Å². The summed E-state index contributed by atoms with van der Waals surface area (Å²) in [6.07, 6.45) is 7.08. The zero-order chi connectivity index (χ0) is 13.3. The predicted molar refractivity (Wildman–Crippen MR) is 65.6 cm³/mol. The molecular formula is C12H20N2O3. The number of amides is 2. The smallest absolute Gasteiger partial charge is 0.323 e. The van der Waals surface area contributed by atoms with Crippen LogP contribution in [-0.4, -0.2) is 41.1 Å². The van der Waals surface area contributed by atoms with Gasteiger partial charge in [-0.2, -0.15) is 0 Å². The molecule has 5 heteroatoms. The summed E-state index contributed by atoms with van der Waals surface area (Å²) in [5.41, 5.74) is 0. The largest absolute Gasteiger partial charge is 0.480 e. The Balaban J connectivity index is 4.39. The van der Waals surface area contributed by atoms with Crippen molar-refractivity contribution in [1.29, 1.82) is 0 Å². The third kappa shape index (κ3) is 6.46. The molecule has 0 aromatic carbocycles. The Kier molecular flexibility index (Phi) is 7.61. The van der Waals surface area contributed by atoms with E-state index in [-0.39, 0.29) is 18.6 Å². The average Bonchev–Trinajstić information content (AvgIpc) is 2.27. The first-order valence-electron chi connectivity index (χ1n) is 5.75. The van der Waals surface area contributed by atoms with Gasteiger partial charge in [-0.05, 0) is 12.8 Å². The Morgan fingerprint density at radius 3 is 2.53 bits per heavy atom. The summed E-state index contributed by atoms with van der Waals surface area (Å²) in [6.45, 7) is 3.95. The van der Waals surface area contributed by atoms with Crippen LogP contribution < -0.4 is 5.32 Å². The zero-order valence-corrected chi connectivity index (χ0v) is 10.4. The number of nitrogens with zero attached hydrogens (tertiary/aromatic N) is 1. The van der Waals surface area contributed by atoms with Crippen molar-refractivity contribution in [3.63, 3.8) is 0 Å². The number of hydrogen-bond donors (Lipinski definition) is 2. The van der Waals surface area contributed by atoms with Crippen LogP contribution in [0.15, 0.2) is 0 Å². The molecule has 96 valence electrons. The summed E-state index contributed by atoms with van der Waals surface area (Å²) in [7, 11) is 0. The predicted octanol–water partition coefficient (Wildman–Crippen LogP) is 1.29. The molecule has 2 N–H and O–H groups in total. The van der Waals surface area contributed by atoms with E-state index in [1.54, 1.807) is 0 Å². The minimum absolute atomic E-state index is 0.0966. The maximum absolute atomic E-state index is 11.8. The van der Waals surface area contributed by atoms with Crippen LogP contribution in [0.2, 0.25) is 0 Å². The molecule has 0 aromatic rings. The maximum Gasteiger partial charge on any atom is 0.323 e. The summed E-state index contributed by atoms with van der Waals surface area (Å²) in [5.74, 6) is 1.47. The van der Waals surface area contributed by atoms with E-state index in [4.69, 9.17) is 11.5 Å². The highest BCUT2D eigenvalue weighted by Crippen LogP contribution is 1.99. The second-order valence-electron chi connectivity index (χ2n) is 3.78. The van der Waals surface area contributed by atoms with Gasteiger partial charge in [-0.25, -0.2) is 4.79 Å². The lowest BCUT2D eigenvalue weighted by atomic mass is 10.1. The minimum atomic E-state index is -1.02. The lowest BCUT2D eigenvalue weighted by molar-refractivity contribution is -0.137. The molecule has 0 fully saturated rings. The van der Waals surface area contributed by atoms with Crippen LogP contribution in [0.4, 0.5) is 4.79 Å². The molecule has 0 radical (unpaired) electrons. The van der Waals surface area contributed by atoms with Crippen LogP contribution in [0.25, 0.3) is 0 Å². The molecule has 1 unspecified atom stereocenters. The molecule has 0 aliphatic rings. The highest BCUT2D eigenvalue weighted by Gasteiger charge is 2.18. The van der Waals surface area contributed by atoms with Gasteiger partial charge in [0, 0.05) is 19.0 Å². The summed E-state index contributed by atoms with van der Waals surface area (Å²) in [4.78, 5) is 23.7. The number of carbonyl (C=O) groups is 2. The van der Waals surface area contributed by atoms with Gasteiger partial charge < -0.3 is 15.3 Å². The number of aliphatic carboxylic acids is 1. The van der Waals surface area contributed by atoms with Crippen molar-refractivity contribution in [3.05, 3.63) is 0 Å². The molecule has 5 nitrogen and oxygen atoms in total. The van der Waals surface area contributed by atoms with Gasteiger partial charge >= 0.3 is 12.0 Å². The zero-order valence-electron chi connectivity index (χ0n) is 10.4. The molecule has 2 amide bonds. The van der Waals surface area contributed by atoms with Crippen LogP contribution in [0.5, 0.6) is 0 Å². The molecule has 0 bridgehead atoms. The fraction of sp³-hybridized carbons (Fsp3) is 0.667. The van der Waals surface area contributed by atoms with E-state index < -0.39 is 5.97 Å². The highest BCUT2D eigenvalue weighted by atomic mass is 16.4. The molecule has 0 heterocycles. The Bertz CT molecular complexity index is 297. The monoisotopic (exact) mass is 240 g/mol. The van der Waals surface area contributed by atoms with Gasteiger partial charge in [0.05, 0.1) is 0 Å². The standard InChI is InChI=1S/C12H20N2O3/c1-4-7-10(6-3)13-12(17)14(8-5-2)9-11(15)16/h1,10H,5-9H2,2-3H3,(H,13,17)(H,15,16). The number of terminal acetylenes is 1. The van der Waals surface area contributed by atoms with E-state index >= 15 is 0 Å². The second kappa shape index (κ2) is 8.45. The number of urea groups is 1. The van der Waals surface area contributed by atoms with Gasteiger partial charge in [0.15, 0.2) is 0 Å². The number of hydrogen-bond acceptors (Lipinski definition) is 2. The second-order valence-corrected chi connectivity index (χ2v) is 3.78. The number of carboxylic acid groups (broad SMARTS) is 1. The molecule has 0 aliphatic carbocycles. The minimum Gasteiger partial charge on any atom is -0.480 e. The van der Waals surface area contributed by atoms with Crippen LogP contribution in [0.3, 0.4) is 0 Å². The third-order valence-corrected chi connectivity index (χ3v) is 2.29. The number of nitrogens with one attached hydrogen (secondary N) is 1. The van der Waals surface area contributed by atoms with Crippen LogP contribution in [0, 0.1) is 12.3 Å². The van der Waals surface area contributed by atoms with Gasteiger partial charge in [-0.1, -0.05) is 13.8 Å². The van der Waals surface area contributed by atoms with Crippen molar-refractivity contribution in [2.45, 2.75) is 39.2 Å². The fourth-order valence-corrected chi connectivity index (χ4v) is 1.39. The Hall–Kier alpha value is -1.70. The van der Waals surface area contributed by atoms with Crippen LogP contribution in [0.1, 0.15) is 33.1 Å². The number of rotatable bonds is 7. The van der Waals surface area contributed by atoms with Gasteiger partial charge in [-0.3, -0.25) is 4.79 Å². The first-order valence-corrected chi connectivity index (χ1v) is 5.75. The van der Waals surface area contributed by atoms with Crippen LogP contribution in [-0.2, 0) is 4.79 Å². The van der Waals surface area contributed by atoms with Crippen molar-refractivity contribution in [2.75, 3.05) is 13.1 Å². The van der Waals surface area contributed by atoms with Gasteiger partial charge in [0.1, 0.15) is 6.54 Å². The molecule has 17 heavy (non-hydrogen) atoms. The Morgan fingerprint density at radius 1 is 1.47 bits per heavy atom. The molecular weight excluding hydrogens is 220 g/mol. The third-order valence-electron chi connectivity index (χ3n) is 2.29. The van der Waals surface area contributed by atoms with E-state index in [2.05, 4.69) is 11.2 Å². The molecule has 0 aromatic heterocycles. The lowest BCUT2D eigenvalue weighted by Crippen LogP contribution is -2.46. The molecule has 0 aliphatic heterocycles. The first kappa shape index (κ1) is 15.3. The van der Waals surface area contributed by atoms with Crippen molar-refractivity contribution in [1.82, 2.24) is 10.2 Å². The summed E-state index contributed by atoms with van der Waals surface area (Å²) >= 11 is 0. The molecule has 0 rings (SSSR count). The topological polar surface area (TPSA) is 69.6 Å². The summed E-state index contributed by atoms with van der Waals surface area (Å²) in [6, 6.07) is -0.461. The normalized spacial score (nSPS) is 11.4. The maximum atomic E-state index is 11.8. The van der Waals surface area contributed by atoms with E-state index in [9.17, 15) is 9.59 Å². The Morgan fingerprint density at radius 2 is 2.12 bits per heavy atom. The molecule has 0 spiro atoms. The van der Waals surface area contributed by atoms with Crippen molar-refractivity contribution >= 4 is 12.0 Å². The van der Waals surface area contributed by atoms with Gasteiger partial charge in [0.25, 0.3) is 0 Å². The van der Waals surface area contributed by atoms with Gasteiger partial charge in [-0.15, -0.1) is 12.3 Å². The van der Waals surface area contributed by atoms with E-state index in [0.717, 1.165) is 6.42 Å². The Labute approximate surface area is 102 Å². The average molecular weight is 240 g/mol. The highest BCUT2D eigenvalue weighted by molar-refractivity contribution is 5.80. The van der Waals surface area contributed by atoms with Crippen molar-refractivity contribution in [2.24, 2.45) is 0 Å². The quantitative estimate of drug-likeness (QED) is 0.659. The van der Waals surface area contributed by atoms with Crippen LogP contribution >= 0.6 is 0 Å².